The van der Waals surface area contributed by atoms with Crippen molar-refractivity contribution < 1.29 is 9.47 Å². The zero-order chi connectivity index (χ0) is 16.9. The van der Waals surface area contributed by atoms with Crippen molar-refractivity contribution in [3.63, 3.8) is 0 Å². The van der Waals surface area contributed by atoms with Gasteiger partial charge < -0.3 is 14.4 Å². The van der Waals surface area contributed by atoms with Gasteiger partial charge in [0.1, 0.15) is 11.5 Å². The Hall–Kier alpha value is -2.49. The number of nitrogens with zero attached hydrogens (tertiary/aromatic N) is 2. The van der Waals surface area contributed by atoms with Gasteiger partial charge in [-0.15, -0.1) is 0 Å². The maximum absolute atomic E-state index is 5.61. The normalized spacial score (nSPS) is 14.4. The lowest BCUT2D eigenvalue weighted by atomic mass is 10.1. The van der Waals surface area contributed by atoms with Gasteiger partial charge in [0.25, 0.3) is 0 Å². The largest absolute Gasteiger partial charge is 0.496 e. The highest BCUT2D eigenvalue weighted by Gasteiger charge is 2.19. The van der Waals surface area contributed by atoms with Crippen LogP contribution in [0.2, 0.25) is 0 Å². The van der Waals surface area contributed by atoms with Gasteiger partial charge in [-0.05, 0) is 43.5 Å². The quantitative estimate of drug-likeness (QED) is 0.766. The summed E-state index contributed by atoms with van der Waals surface area (Å²) in [7, 11) is 3.41. The van der Waals surface area contributed by atoms with E-state index in [9.17, 15) is 0 Å². The molecule has 0 aliphatic carbocycles. The Morgan fingerprint density at radius 1 is 1.00 bits per heavy atom. The minimum absolute atomic E-state index is 0.814. The third-order valence-corrected chi connectivity index (χ3v) is 4.33. The molecule has 0 saturated carbocycles. The first-order valence-electron chi connectivity index (χ1n) is 8.33. The summed E-state index contributed by atoms with van der Waals surface area (Å²) in [4.78, 5) is 6.92. The number of aryl methyl sites for hydroxylation is 1. The number of anilines is 1. The van der Waals surface area contributed by atoms with Gasteiger partial charge in [0.2, 0.25) is 0 Å². The van der Waals surface area contributed by atoms with Crippen molar-refractivity contribution in [2.75, 3.05) is 32.2 Å². The van der Waals surface area contributed by atoms with Crippen LogP contribution in [0, 0.1) is 6.92 Å². The lowest BCUT2D eigenvalue weighted by molar-refractivity contribution is 0.402. The van der Waals surface area contributed by atoms with Gasteiger partial charge in [-0.25, -0.2) is 0 Å². The molecule has 4 heteroatoms. The van der Waals surface area contributed by atoms with Gasteiger partial charge in [-0.3, -0.25) is 4.99 Å². The number of hydrogen-bond donors (Lipinski definition) is 0. The lowest BCUT2D eigenvalue weighted by Gasteiger charge is -2.22. The number of methoxy groups -OCH3 is 2. The first-order valence-corrected chi connectivity index (χ1v) is 8.33. The fourth-order valence-electron chi connectivity index (χ4n) is 3.06. The van der Waals surface area contributed by atoms with Crippen LogP contribution in [0.15, 0.2) is 41.4 Å². The third-order valence-electron chi connectivity index (χ3n) is 4.33. The van der Waals surface area contributed by atoms with E-state index >= 15 is 0 Å². The van der Waals surface area contributed by atoms with Crippen molar-refractivity contribution in [2.24, 2.45) is 4.99 Å². The number of benzene rings is 2. The van der Waals surface area contributed by atoms with E-state index in [1.165, 1.54) is 18.4 Å². The second kappa shape index (κ2) is 7.39. The molecule has 2 aromatic carbocycles. The van der Waals surface area contributed by atoms with Crippen molar-refractivity contribution in [3.8, 4) is 11.5 Å². The maximum atomic E-state index is 5.61. The average Bonchev–Trinajstić information content (AvgIpc) is 3.13. The highest BCUT2D eigenvalue weighted by atomic mass is 16.5. The van der Waals surface area contributed by atoms with Gasteiger partial charge in [0, 0.05) is 30.9 Å². The third kappa shape index (κ3) is 3.53. The van der Waals surface area contributed by atoms with E-state index in [0.717, 1.165) is 41.5 Å². The summed E-state index contributed by atoms with van der Waals surface area (Å²) in [5.41, 5.74) is 4.14. The molecule has 0 aromatic heterocycles. The maximum Gasteiger partial charge on any atom is 0.143 e. The highest BCUT2D eigenvalue weighted by Crippen LogP contribution is 2.36. The Balaban J connectivity index is 1.95. The van der Waals surface area contributed by atoms with E-state index in [2.05, 4.69) is 35.0 Å². The summed E-state index contributed by atoms with van der Waals surface area (Å²) in [5, 5.41) is 0. The minimum Gasteiger partial charge on any atom is -0.496 e. The van der Waals surface area contributed by atoms with Gasteiger partial charge in [-0.2, -0.15) is 0 Å². The first-order chi connectivity index (χ1) is 11.7. The molecule has 0 radical (unpaired) electrons. The van der Waals surface area contributed by atoms with Crippen molar-refractivity contribution in [3.05, 3.63) is 47.5 Å². The fourth-order valence-corrected chi connectivity index (χ4v) is 3.06. The van der Waals surface area contributed by atoms with Gasteiger partial charge >= 0.3 is 0 Å². The topological polar surface area (TPSA) is 34.1 Å². The summed E-state index contributed by atoms with van der Waals surface area (Å²) in [6.07, 6.45) is 4.29. The van der Waals surface area contributed by atoms with Gasteiger partial charge in [0.05, 0.1) is 25.6 Å². The minimum atomic E-state index is 0.814. The van der Waals surface area contributed by atoms with E-state index in [0.29, 0.717) is 0 Å². The summed E-state index contributed by atoms with van der Waals surface area (Å²) < 4.78 is 11.2. The Labute approximate surface area is 143 Å². The van der Waals surface area contributed by atoms with Crippen LogP contribution in [-0.2, 0) is 0 Å². The van der Waals surface area contributed by atoms with Crippen molar-refractivity contribution in [2.45, 2.75) is 19.8 Å². The zero-order valence-corrected chi connectivity index (χ0v) is 14.6. The molecule has 2 aromatic rings. The molecule has 24 heavy (non-hydrogen) atoms. The van der Waals surface area contributed by atoms with Crippen LogP contribution in [0.25, 0.3) is 0 Å². The molecule has 0 N–H and O–H groups in total. The summed E-state index contributed by atoms with van der Waals surface area (Å²) in [6.45, 7) is 4.19. The Morgan fingerprint density at radius 3 is 2.42 bits per heavy atom. The summed E-state index contributed by atoms with van der Waals surface area (Å²) in [5.74, 6) is 1.68. The van der Waals surface area contributed by atoms with Crippen LogP contribution in [0.3, 0.4) is 0 Å². The van der Waals surface area contributed by atoms with E-state index < -0.39 is 0 Å². The summed E-state index contributed by atoms with van der Waals surface area (Å²) >= 11 is 0. The second-order valence-corrected chi connectivity index (χ2v) is 6.06. The van der Waals surface area contributed by atoms with Gasteiger partial charge in [0.15, 0.2) is 0 Å². The monoisotopic (exact) mass is 324 g/mol. The molecule has 1 saturated heterocycles. The molecule has 0 bridgehead atoms. The first kappa shape index (κ1) is 16.4. The smallest absolute Gasteiger partial charge is 0.143 e. The molecule has 3 rings (SSSR count). The van der Waals surface area contributed by atoms with E-state index in [1.54, 1.807) is 14.2 Å². The molecule has 4 nitrogen and oxygen atoms in total. The molecule has 126 valence electrons. The highest BCUT2D eigenvalue weighted by molar-refractivity contribution is 5.88. The molecule has 1 fully saturated rings. The number of rotatable bonds is 5. The lowest BCUT2D eigenvalue weighted by Crippen LogP contribution is -2.18. The van der Waals surface area contributed by atoms with Crippen LogP contribution >= 0.6 is 0 Å². The molecule has 1 aliphatic rings. The van der Waals surface area contributed by atoms with E-state index in [1.807, 2.05) is 24.4 Å². The molecule has 0 amide bonds. The SMILES string of the molecule is COc1cc(N2CCCC2)c(OC)cc1C=Nc1cccc(C)c1. The van der Waals surface area contributed by atoms with E-state index in [4.69, 9.17) is 9.47 Å². The van der Waals surface area contributed by atoms with Crippen molar-refractivity contribution in [1.82, 2.24) is 0 Å². The van der Waals surface area contributed by atoms with Crippen LogP contribution in [0.4, 0.5) is 11.4 Å². The molecule has 0 spiro atoms. The Kier molecular flexibility index (Phi) is 5.04. The molecular formula is C20H24N2O2. The fraction of sp³-hybridized carbons (Fsp3) is 0.350. The van der Waals surface area contributed by atoms with Crippen LogP contribution in [0.1, 0.15) is 24.0 Å². The van der Waals surface area contributed by atoms with Gasteiger partial charge in [-0.1, -0.05) is 12.1 Å². The van der Waals surface area contributed by atoms with Crippen molar-refractivity contribution >= 4 is 17.6 Å². The van der Waals surface area contributed by atoms with Crippen molar-refractivity contribution in [1.29, 1.82) is 0 Å². The molecule has 1 heterocycles. The predicted octanol–water partition coefficient (Wildman–Crippen LogP) is 4.36. The number of hydrogen-bond acceptors (Lipinski definition) is 4. The molecule has 0 atom stereocenters. The van der Waals surface area contributed by atoms with Crippen LogP contribution < -0.4 is 14.4 Å². The van der Waals surface area contributed by atoms with Crippen LogP contribution in [-0.4, -0.2) is 33.5 Å². The molecule has 0 unspecified atom stereocenters. The predicted molar refractivity (Wildman–Crippen MR) is 99.4 cm³/mol. The van der Waals surface area contributed by atoms with E-state index in [-0.39, 0.29) is 0 Å². The number of aliphatic imine (C=N–C) groups is 1. The Bertz CT molecular complexity index is 734. The zero-order valence-electron chi connectivity index (χ0n) is 14.6. The summed E-state index contributed by atoms with van der Waals surface area (Å²) in [6, 6.07) is 12.2. The van der Waals surface area contributed by atoms with Crippen LogP contribution in [0.5, 0.6) is 11.5 Å². The molecular weight excluding hydrogens is 300 g/mol. The second-order valence-electron chi connectivity index (χ2n) is 6.06. The standard InChI is InChI=1S/C20H24N2O2/c1-15-7-6-8-17(11-15)21-14-16-12-20(24-3)18(13-19(16)23-2)22-9-4-5-10-22/h6-8,11-14H,4-5,9-10H2,1-3H3. The Morgan fingerprint density at radius 2 is 1.75 bits per heavy atom. The molecule has 1 aliphatic heterocycles. The number of ether oxygens (including phenoxy) is 2. The average molecular weight is 324 g/mol.